The molecular formula is C16H22N2O. The summed E-state index contributed by atoms with van der Waals surface area (Å²) in [5.41, 5.74) is 8.21. The highest BCUT2D eigenvalue weighted by Gasteiger charge is 2.26. The van der Waals surface area contributed by atoms with E-state index in [1.54, 1.807) is 6.08 Å². The van der Waals surface area contributed by atoms with Gasteiger partial charge in [0.25, 0.3) is 5.91 Å². The first-order valence-corrected chi connectivity index (χ1v) is 6.91. The van der Waals surface area contributed by atoms with E-state index < -0.39 is 0 Å². The molecule has 2 rings (SSSR count). The maximum atomic E-state index is 12.6. The molecule has 1 fully saturated rings. The Kier molecular flexibility index (Phi) is 4.25. The van der Waals surface area contributed by atoms with E-state index >= 15 is 0 Å². The number of nitrogen functional groups attached to an aromatic ring is 1. The van der Waals surface area contributed by atoms with E-state index in [0.717, 1.165) is 29.7 Å². The summed E-state index contributed by atoms with van der Waals surface area (Å²) >= 11 is 0. The highest BCUT2D eigenvalue weighted by atomic mass is 16.2. The average Bonchev–Trinajstić information content (AvgIpc) is 2.92. The maximum absolute atomic E-state index is 12.6. The quantitative estimate of drug-likeness (QED) is 0.666. The molecule has 0 heterocycles. The highest BCUT2D eigenvalue weighted by Crippen LogP contribution is 2.25. The number of carbonyl (C=O) groups is 1. The van der Waals surface area contributed by atoms with Gasteiger partial charge in [0.2, 0.25) is 0 Å². The van der Waals surface area contributed by atoms with Crippen molar-refractivity contribution in [3.8, 4) is 0 Å². The van der Waals surface area contributed by atoms with Crippen molar-refractivity contribution < 1.29 is 4.79 Å². The number of nitrogens with zero attached hydrogens (tertiary/aromatic N) is 1. The van der Waals surface area contributed by atoms with Crippen LogP contribution in [-0.2, 0) is 0 Å². The van der Waals surface area contributed by atoms with Crippen LogP contribution in [-0.4, -0.2) is 23.4 Å². The topological polar surface area (TPSA) is 46.3 Å². The minimum atomic E-state index is 0.0925. The molecule has 102 valence electrons. The number of benzene rings is 1. The van der Waals surface area contributed by atoms with Crippen LogP contribution in [0.2, 0.25) is 0 Å². The third kappa shape index (κ3) is 2.98. The van der Waals surface area contributed by atoms with Crippen LogP contribution in [0.15, 0.2) is 30.9 Å². The summed E-state index contributed by atoms with van der Waals surface area (Å²) in [4.78, 5) is 14.6. The van der Waals surface area contributed by atoms with E-state index in [9.17, 15) is 4.79 Å². The van der Waals surface area contributed by atoms with Crippen molar-refractivity contribution in [2.45, 2.75) is 38.6 Å². The van der Waals surface area contributed by atoms with Gasteiger partial charge in [-0.2, -0.15) is 0 Å². The van der Waals surface area contributed by atoms with Crippen LogP contribution in [0.1, 0.15) is 41.6 Å². The van der Waals surface area contributed by atoms with Gasteiger partial charge in [0.15, 0.2) is 0 Å². The lowest BCUT2D eigenvalue weighted by atomic mass is 10.1. The molecule has 0 bridgehead atoms. The van der Waals surface area contributed by atoms with Crippen molar-refractivity contribution in [1.82, 2.24) is 4.90 Å². The van der Waals surface area contributed by atoms with E-state index in [4.69, 9.17) is 5.73 Å². The summed E-state index contributed by atoms with van der Waals surface area (Å²) in [6, 6.07) is 5.87. The Morgan fingerprint density at radius 2 is 2.16 bits per heavy atom. The highest BCUT2D eigenvalue weighted by molar-refractivity contribution is 5.95. The van der Waals surface area contributed by atoms with Gasteiger partial charge in [0.1, 0.15) is 0 Å². The number of carbonyl (C=O) groups excluding carboxylic acids is 1. The second-order valence-corrected chi connectivity index (χ2v) is 5.26. The molecular weight excluding hydrogens is 236 g/mol. The fourth-order valence-electron chi connectivity index (χ4n) is 2.73. The number of amides is 1. The fraction of sp³-hybridized carbons (Fsp3) is 0.438. The normalized spacial score (nSPS) is 15.4. The molecule has 1 saturated carbocycles. The fourth-order valence-corrected chi connectivity index (χ4v) is 2.73. The molecule has 0 atom stereocenters. The molecule has 2 N–H and O–H groups in total. The SMILES string of the molecule is C=CCN(C(=O)c1ccc(N)c(C)c1)C1CCCC1. The Hall–Kier alpha value is -1.77. The van der Waals surface area contributed by atoms with Gasteiger partial charge in [-0.25, -0.2) is 0 Å². The first-order valence-electron chi connectivity index (χ1n) is 6.91. The predicted molar refractivity (Wildman–Crippen MR) is 79.1 cm³/mol. The van der Waals surface area contributed by atoms with Gasteiger partial charge in [-0.3, -0.25) is 4.79 Å². The molecule has 1 aliphatic carbocycles. The maximum Gasteiger partial charge on any atom is 0.254 e. The molecule has 0 aliphatic heterocycles. The van der Waals surface area contributed by atoms with Crippen LogP contribution in [0.4, 0.5) is 5.69 Å². The third-order valence-electron chi connectivity index (χ3n) is 3.87. The van der Waals surface area contributed by atoms with Gasteiger partial charge in [0, 0.05) is 23.8 Å². The number of aryl methyl sites for hydroxylation is 1. The summed E-state index contributed by atoms with van der Waals surface area (Å²) in [6.07, 6.45) is 6.44. The predicted octanol–water partition coefficient (Wildman–Crippen LogP) is 3.15. The van der Waals surface area contributed by atoms with Gasteiger partial charge in [-0.15, -0.1) is 6.58 Å². The molecule has 0 aromatic heterocycles. The Balaban J connectivity index is 2.22. The van der Waals surface area contributed by atoms with Gasteiger partial charge in [-0.1, -0.05) is 18.9 Å². The first kappa shape index (κ1) is 13.7. The molecule has 0 spiro atoms. The molecule has 0 saturated heterocycles. The van der Waals surface area contributed by atoms with E-state index in [2.05, 4.69) is 6.58 Å². The van der Waals surface area contributed by atoms with Gasteiger partial charge < -0.3 is 10.6 Å². The van der Waals surface area contributed by atoms with Crippen molar-refractivity contribution in [2.24, 2.45) is 0 Å². The van der Waals surface area contributed by atoms with E-state index in [1.165, 1.54) is 12.8 Å². The molecule has 1 amide bonds. The number of rotatable bonds is 4. The summed E-state index contributed by atoms with van der Waals surface area (Å²) in [5, 5.41) is 0. The number of anilines is 1. The minimum absolute atomic E-state index is 0.0925. The average molecular weight is 258 g/mol. The molecule has 3 heteroatoms. The summed E-state index contributed by atoms with van der Waals surface area (Å²) < 4.78 is 0. The van der Waals surface area contributed by atoms with Crippen LogP contribution in [0.5, 0.6) is 0 Å². The Labute approximate surface area is 115 Å². The lowest BCUT2D eigenvalue weighted by Gasteiger charge is -2.28. The standard InChI is InChI=1S/C16H22N2O/c1-3-10-18(14-6-4-5-7-14)16(19)13-8-9-15(17)12(2)11-13/h3,8-9,11,14H,1,4-7,10,17H2,2H3. The van der Waals surface area contributed by atoms with Crippen molar-refractivity contribution in [3.63, 3.8) is 0 Å². The van der Waals surface area contributed by atoms with Crippen molar-refractivity contribution in [1.29, 1.82) is 0 Å². The summed E-state index contributed by atoms with van der Waals surface area (Å²) in [7, 11) is 0. The Bertz CT molecular complexity index is 476. The molecule has 0 unspecified atom stereocenters. The minimum Gasteiger partial charge on any atom is -0.399 e. The second-order valence-electron chi connectivity index (χ2n) is 5.26. The lowest BCUT2D eigenvalue weighted by molar-refractivity contribution is 0.0706. The zero-order chi connectivity index (χ0) is 13.8. The second kappa shape index (κ2) is 5.91. The van der Waals surface area contributed by atoms with Crippen LogP contribution in [0.3, 0.4) is 0 Å². The zero-order valence-corrected chi connectivity index (χ0v) is 11.6. The summed E-state index contributed by atoms with van der Waals surface area (Å²) in [6.45, 7) is 6.31. The Morgan fingerprint density at radius 1 is 1.47 bits per heavy atom. The molecule has 19 heavy (non-hydrogen) atoms. The van der Waals surface area contributed by atoms with Gasteiger partial charge in [0.05, 0.1) is 0 Å². The molecule has 0 radical (unpaired) electrons. The molecule has 1 aromatic carbocycles. The monoisotopic (exact) mass is 258 g/mol. The van der Waals surface area contributed by atoms with Crippen LogP contribution < -0.4 is 5.73 Å². The summed E-state index contributed by atoms with van der Waals surface area (Å²) in [5.74, 6) is 0.0925. The van der Waals surface area contributed by atoms with Gasteiger partial charge >= 0.3 is 0 Å². The van der Waals surface area contributed by atoms with Crippen LogP contribution >= 0.6 is 0 Å². The molecule has 3 nitrogen and oxygen atoms in total. The van der Waals surface area contributed by atoms with Crippen molar-refractivity contribution in [3.05, 3.63) is 42.0 Å². The van der Waals surface area contributed by atoms with Crippen molar-refractivity contribution in [2.75, 3.05) is 12.3 Å². The van der Waals surface area contributed by atoms with E-state index in [1.807, 2.05) is 30.0 Å². The number of nitrogens with two attached hydrogens (primary N) is 1. The largest absolute Gasteiger partial charge is 0.399 e. The zero-order valence-electron chi connectivity index (χ0n) is 11.6. The molecule has 1 aliphatic rings. The molecule has 1 aromatic rings. The smallest absolute Gasteiger partial charge is 0.254 e. The van der Waals surface area contributed by atoms with Crippen LogP contribution in [0.25, 0.3) is 0 Å². The van der Waals surface area contributed by atoms with Crippen molar-refractivity contribution >= 4 is 11.6 Å². The Morgan fingerprint density at radius 3 is 2.74 bits per heavy atom. The van der Waals surface area contributed by atoms with E-state index in [-0.39, 0.29) is 5.91 Å². The van der Waals surface area contributed by atoms with Crippen LogP contribution in [0, 0.1) is 6.92 Å². The first-order chi connectivity index (χ1) is 9.13. The lowest BCUT2D eigenvalue weighted by Crippen LogP contribution is -2.39. The van der Waals surface area contributed by atoms with E-state index in [0.29, 0.717) is 12.6 Å². The third-order valence-corrected chi connectivity index (χ3v) is 3.87. The number of hydrogen-bond acceptors (Lipinski definition) is 2. The van der Waals surface area contributed by atoms with Gasteiger partial charge in [-0.05, 0) is 43.5 Å². The number of hydrogen-bond donors (Lipinski definition) is 1.